The number of benzene rings is 1. The van der Waals surface area contributed by atoms with Crippen LogP contribution >= 0.6 is 11.3 Å². The first-order valence-electron chi connectivity index (χ1n) is 10.3. The van der Waals surface area contributed by atoms with E-state index in [9.17, 15) is 4.79 Å². The van der Waals surface area contributed by atoms with Gasteiger partial charge in [0.05, 0.1) is 12.0 Å². The summed E-state index contributed by atoms with van der Waals surface area (Å²) in [7, 11) is 0. The predicted molar refractivity (Wildman–Crippen MR) is 116 cm³/mol. The van der Waals surface area contributed by atoms with E-state index in [1.165, 1.54) is 16.0 Å². The lowest BCUT2D eigenvalue weighted by molar-refractivity contribution is 0.300. The van der Waals surface area contributed by atoms with E-state index in [1.54, 1.807) is 11.3 Å². The van der Waals surface area contributed by atoms with Crippen molar-refractivity contribution < 1.29 is 4.74 Å². The van der Waals surface area contributed by atoms with E-state index in [0.717, 1.165) is 53.9 Å². The van der Waals surface area contributed by atoms with Crippen LogP contribution < -0.4 is 10.3 Å². The Bertz CT molecular complexity index is 1030. The summed E-state index contributed by atoms with van der Waals surface area (Å²) in [5.74, 6) is 2.39. The van der Waals surface area contributed by atoms with Gasteiger partial charge >= 0.3 is 0 Å². The van der Waals surface area contributed by atoms with Gasteiger partial charge in [-0.1, -0.05) is 26.0 Å². The Kier molecular flexibility index (Phi) is 5.54. The van der Waals surface area contributed by atoms with Crippen LogP contribution in [0, 0.1) is 12.8 Å². The molecule has 0 N–H and O–H groups in total. The fourth-order valence-corrected chi connectivity index (χ4v) is 5.44. The number of aromatic nitrogens is 2. The molecule has 148 valence electrons. The average Bonchev–Trinajstić information content (AvgIpc) is 3.04. The third kappa shape index (κ3) is 3.72. The number of hydrogen-bond acceptors (Lipinski definition) is 4. The zero-order valence-corrected chi connectivity index (χ0v) is 17.8. The molecule has 2 aromatic heterocycles. The van der Waals surface area contributed by atoms with Gasteiger partial charge in [0, 0.05) is 11.4 Å². The maximum absolute atomic E-state index is 13.2. The van der Waals surface area contributed by atoms with Crippen molar-refractivity contribution in [1.82, 2.24) is 9.55 Å². The van der Waals surface area contributed by atoms with Crippen molar-refractivity contribution in [3.05, 3.63) is 56.4 Å². The molecule has 0 amide bonds. The maximum atomic E-state index is 13.2. The van der Waals surface area contributed by atoms with E-state index in [-0.39, 0.29) is 5.56 Å². The van der Waals surface area contributed by atoms with Gasteiger partial charge < -0.3 is 4.74 Å². The van der Waals surface area contributed by atoms with Gasteiger partial charge in [0.25, 0.3) is 5.56 Å². The number of fused-ring (bicyclic) bond motifs is 3. The summed E-state index contributed by atoms with van der Waals surface area (Å²) in [5.41, 5.74) is 2.70. The van der Waals surface area contributed by atoms with E-state index >= 15 is 0 Å². The van der Waals surface area contributed by atoms with Gasteiger partial charge in [0.15, 0.2) is 0 Å². The summed E-state index contributed by atoms with van der Waals surface area (Å²) >= 11 is 1.72. The number of hydrogen-bond donors (Lipinski definition) is 0. The minimum absolute atomic E-state index is 0.127. The van der Waals surface area contributed by atoms with Crippen LogP contribution in [0.1, 0.15) is 48.5 Å². The normalized spacial score (nSPS) is 16.3. The molecule has 0 aliphatic heterocycles. The van der Waals surface area contributed by atoms with Crippen molar-refractivity contribution in [3.63, 3.8) is 0 Å². The number of nitrogens with zero attached hydrogens (tertiary/aromatic N) is 2. The summed E-state index contributed by atoms with van der Waals surface area (Å²) in [6.45, 7) is 7.61. The van der Waals surface area contributed by atoms with Crippen LogP contribution in [0.2, 0.25) is 0 Å². The van der Waals surface area contributed by atoms with Gasteiger partial charge in [-0.2, -0.15) is 0 Å². The van der Waals surface area contributed by atoms with Crippen molar-refractivity contribution in [1.29, 1.82) is 0 Å². The highest BCUT2D eigenvalue weighted by Gasteiger charge is 2.23. The molecule has 1 atom stereocenters. The summed E-state index contributed by atoms with van der Waals surface area (Å²) in [6, 6.07) is 8.23. The van der Waals surface area contributed by atoms with Gasteiger partial charge in [0.1, 0.15) is 16.4 Å². The Morgan fingerprint density at radius 1 is 1.29 bits per heavy atom. The van der Waals surface area contributed by atoms with Crippen molar-refractivity contribution >= 4 is 21.6 Å². The van der Waals surface area contributed by atoms with Gasteiger partial charge in [-0.25, -0.2) is 4.98 Å². The quantitative estimate of drug-likeness (QED) is 0.555. The minimum atomic E-state index is 0.127. The van der Waals surface area contributed by atoms with Gasteiger partial charge in [-0.3, -0.25) is 9.36 Å². The fraction of sp³-hybridized carbons (Fsp3) is 0.478. The zero-order valence-electron chi connectivity index (χ0n) is 17.0. The Morgan fingerprint density at radius 3 is 2.82 bits per heavy atom. The van der Waals surface area contributed by atoms with Crippen LogP contribution in [-0.2, 0) is 25.8 Å². The molecule has 0 saturated carbocycles. The van der Waals surface area contributed by atoms with E-state index < -0.39 is 0 Å². The molecule has 4 nitrogen and oxygen atoms in total. The number of aryl methyl sites for hydroxylation is 3. The highest BCUT2D eigenvalue weighted by Crippen LogP contribution is 2.35. The molecular weight excluding hydrogens is 368 g/mol. The van der Waals surface area contributed by atoms with Gasteiger partial charge in [0.2, 0.25) is 0 Å². The van der Waals surface area contributed by atoms with Gasteiger partial charge in [-0.05, 0) is 68.2 Å². The number of ether oxygens (including phenoxy) is 1. The molecule has 4 rings (SSSR count). The molecule has 0 saturated heterocycles. The lowest BCUT2D eigenvalue weighted by Gasteiger charge is -2.17. The molecule has 1 aliphatic rings. The number of thiophene rings is 1. The second-order valence-electron chi connectivity index (χ2n) is 7.85. The lowest BCUT2D eigenvalue weighted by atomic mass is 9.89. The highest BCUT2D eigenvalue weighted by molar-refractivity contribution is 7.18. The third-order valence-electron chi connectivity index (χ3n) is 5.73. The molecule has 0 fully saturated rings. The van der Waals surface area contributed by atoms with Crippen LogP contribution in [0.4, 0.5) is 0 Å². The molecule has 28 heavy (non-hydrogen) atoms. The molecule has 3 aromatic rings. The van der Waals surface area contributed by atoms with E-state index in [1.807, 2.05) is 23.6 Å². The highest BCUT2D eigenvalue weighted by atomic mass is 32.1. The molecule has 1 aromatic carbocycles. The first-order chi connectivity index (χ1) is 13.6. The van der Waals surface area contributed by atoms with Crippen LogP contribution in [0.25, 0.3) is 10.2 Å². The Balaban J connectivity index is 1.48. The SMILES string of the molecule is CCc1ccc(OCCCn2c(C)nc3sc4c(c3c2=O)CCC(C)C4)cc1. The van der Waals surface area contributed by atoms with E-state index in [0.29, 0.717) is 19.1 Å². The summed E-state index contributed by atoms with van der Waals surface area (Å²) < 4.78 is 7.68. The van der Waals surface area contributed by atoms with Crippen LogP contribution in [0.3, 0.4) is 0 Å². The van der Waals surface area contributed by atoms with E-state index in [4.69, 9.17) is 9.72 Å². The van der Waals surface area contributed by atoms with Crippen LogP contribution in [0.5, 0.6) is 5.75 Å². The summed E-state index contributed by atoms with van der Waals surface area (Å²) in [4.78, 5) is 20.2. The molecule has 1 aliphatic carbocycles. The zero-order chi connectivity index (χ0) is 19.7. The molecule has 0 bridgehead atoms. The monoisotopic (exact) mass is 396 g/mol. The van der Waals surface area contributed by atoms with Crippen LogP contribution in [-0.4, -0.2) is 16.2 Å². The summed E-state index contributed by atoms with van der Waals surface area (Å²) in [5, 5.41) is 0.869. The maximum Gasteiger partial charge on any atom is 0.262 e. The summed E-state index contributed by atoms with van der Waals surface area (Å²) in [6.07, 6.45) is 5.07. The number of rotatable bonds is 6. The lowest BCUT2D eigenvalue weighted by Crippen LogP contribution is -2.25. The molecular formula is C23H28N2O2S. The Labute approximate surface area is 170 Å². The average molecular weight is 397 g/mol. The second kappa shape index (κ2) is 8.08. The Hall–Kier alpha value is -2.14. The Morgan fingerprint density at radius 2 is 2.07 bits per heavy atom. The molecule has 2 heterocycles. The minimum Gasteiger partial charge on any atom is -0.494 e. The smallest absolute Gasteiger partial charge is 0.262 e. The van der Waals surface area contributed by atoms with Crippen molar-refractivity contribution in [3.8, 4) is 5.75 Å². The fourth-order valence-electron chi connectivity index (χ4n) is 4.02. The first kappa shape index (κ1) is 19.2. The molecule has 1 unspecified atom stereocenters. The standard InChI is InChI=1S/C23H28N2O2S/c1-4-17-7-9-18(10-8-17)27-13-5-12-25-16(3)24-22-21(23(25)26)19-11-6-15(2)14-20(19)28-22/h7-10,15H,4-6,11-14H2,1-3H3. The molecule has 5 heteroatoms. The molecule has 0 radical (unpaired) electrons. The predicted octanol–water partition coefficient (Wildman–Crippen LogP) is 4.92. The van der Waals surface area contributed by atoms with Gasteiger partial charge in [-0.15, -0.1) is 11.3 Å². The van der Waals surface area contributed by atoms with Crippen molar-refractivity contribution in [2.24, 2.45) is 5.92 Å². The largest absolute Gasteiger partial charge is 0.494 e. The third-order valence-corrected chi connectivity index (χ3v) is 6.88. The second-order valence-corrected chi connectivity index (χ2v) is 8.93. The first-order valence-corrected chi connectivity index (χ1v) is 11.1. The molecule has 0 spiro atoms. The topological polar surface area (TPSA) is 44.1 Å². The van der Waals surface area contributed by atoms with Crippen LogP contribution in [0.15, 0.2) is 29.1 Å². The van der Waals surface area contributed by atoms with E-state index in [2.05, 4.69) is 26.0 Å². The van der Waals surface area contributed by atoms with Crippen molar-refractivity contribution in [2.75, 3.05) is 6.61 Å². The van der Waals surface area contributed by atoms with Crippen molar-refractivity contribution in [2.45, 2.75) is 59.4 Å².